The summed E-state index contributed by atoms with van der Waals surface area (Å²) in [5.74, 6) is 0. The first-order valence-corrected chi connectivity index (χ1v) is 10.9. The van der Waals surface area contributed by atoms with E-state index in [0.29, 0.717) is 19.8 Å². The van der Waals surface area contributed by atoms with Crippen molar-refractivity contribution in [2.75, 3.05) is 26.2 Å². The van der Waals surface area contributed by atoms with Crippen LogP contribution in [0.4, 0.5) is 0 Å². The zero-order valence-electron chi connectivity index (χ0n) is 17.8. The summed E-state index contributed by atoms with van der Waals surface area (Å²) in [6.45, 7) is 2.31. The van der Waals surface area contributed by atoms with Gasteiger partial charge < -0.3 is 25.2 Å². The van der Waals surface area contributed by atoms with Gasteiger partial charge in [0.15, 0.2) is 0 Å². The number of hydrogen-bond acceptors (Lipinski definition) is 8. The van der Waals surface area contributed by atoms with E-state index >= 15 is 0 Å². The van der Waals surface area contributed by atoms with Gasteiger partial charge in [-0.3, -0.25) is 14.9 Å². The van der Waals surface area contributed by atoms with Crippen LogP contribution in [0, 0.1) is 0 Å². The molecule has 0 bridgehead atoms. The second kappa shape index (κ2) is 12.2. The first kappa shape index (κ1) is 23.7. The topological polar surface area (TPSA) is 119 Å². The van der Waals surface area contributed by atoms with E-state index in [0.717, 1.165) is 42.6 Å². The Kier molecular flexibility index (Phi) is 9.32. The third-order valence-electron chi connectivity index (χ3n) is 5.57. The third kappa shape index (κ3) is 7.31. The van der Waals surface area contributed by atoms with E-state index in [1.165, 1.54) is 0 Å². The van der Waals surface area contributed by atoms with Crippen LogP contribution in [0.5, 0.6) is 0 Å². The Morgan fingerprint density at radius 2 is 1.52 bits per heavy atom. The molecule has 31 heavy (non-hydrogen) atoms. The van der Waals surface area contributed by atoms with E-state index in [4.69, 9.17) is 4.74 Å². The van der Waals surface area contributed by atoms with Gasteiger partial charge in [0.1, 0.15) is 12.2 Å². The highest BCUT2D eigenvalue weighted by Crippen LogP contribution is 2.16. The number of likely N-dealkylation sites (tertiary alicyclic amines) is 1. The van der Waals surface area contributed by atoms with Crippen molar-refractivity contribution in [1.29, 1.82) is 0 Å². The van der Waals surface area contributed by atoms with Gasteiger partial charge in [0.25, 0.3) is 0 Å². The van der Waals surface area contributed by atoms with E-state index in [-0.39, 0.29) is 13.1 Å². The lowest BCUT2D eigenvalue weighted by Crippen LogP contribution is -2.43. The fourth-order valence-corrected chi connectivity index (χ4v) is 3.71. The molecule has 1 saturated heterocycles. The van der Waals surface area contributed by atoms with E-state index in [2.05, 4.69) is 9.97 Å². The Balaban J connectivity index is 1.26. The number of ether oxygens (including phenoxy) is 1. The Morgan fingerprint density at radius 1 is 0.839 bits per heavy atom. The fraction of sp³-hybridized carbons (Fsp3) is 0.565. The second-order valence-corrected chi connectivity index (χ2v) is 8.10. The molecular formula is C23H33N3O5. The molecule has 0 saturated carbocycles. The van der Waals surface area contributed by atoms with Crippen LogP contribution < -0.4 is 0 Å². The van der Waals surface area contributed by atoms with E-state index in [1.807, 2.05) is 35.2 Å². The zero-order valence-corrected chi connectivity index (χ0v) is 17.8. The van der Waals surface area contributed by atoms with Crippen LogP contribution in [0.25, 0.3) is 11.3 Å². The Bertz CT molecular complexity index is 746. The molecule has 0 spiro atoms. The Hall–Kier alpha value is -1.94. The minimum atomic E-state index is -1.31. The van der Waals surface area contributed by atoms with Gasteiger partial charge in [-0.25, -0.2) is 0 Å². The lowest BCUT2D eigenvalue weighted by atomic mass is 10.1. The number of benzene rings is 1. The molecule has 2 heterocycles. The van der Waals surface area contributed by atoms with Crippen LogP contribution in [0.15, 0.2) is 42.7 Å². The number of rotatable bonds is 10. The lowest BCUT2D eigenvalue weighted by Gasteiger charge is -2.23. The molecule has 4 N–H and O–H groups in total. The maximum absolute atomic E-state index is 9.89. The molecule has 1 aromatic carbocycles. The monoisotopic (exact) mass is 431 g/mol. The smallest absolute Gasteiger partial charge is 0.110 e. The van der Waals surface area contributed by atoms with Gasteiger partial charge in [-0.15, -0.1) is 0 Å². The first-order valence-electron chi connectivity index (χ1n) is 10.9. The molecule has 4 atom stereocenters. The molecular weight excluding hydrogens is 398 g/mol. The van der Waals surface area contributed by atoms with Gasteiger partial charge in [0.05, 0.1) is 42.6 Å². The second-order valence-electron chi connectivity index (χ2n) is 8.10. The molecule has 1 aromatic heterocycles. The maximum Gasteiger partial charge on any atom is 0.110 e. The molecule has 1 aliphatic rings. The summed E-state index contributed by atoms with van der Waals surface area (Å²) in [6.07, 6.45) is 2.67. The van der Waals surface area contributed by atoms with Crippen LogP contribution in [0.1, 0.15) is 31.4 Å². The van der Waals surface area contributed by atoms with Crippen molar-refractivity contribution in [1.82, 2.24) is 14.9 Å². The zero-order chi connectivity index (χ0) is 22.1. The van der Waals surface area contributed by atoms with Crippen LogP contribution in [0.3, 0.4) is 0 Å². The van der Waals surface area contributed by atoms with Gasteiger partial charge >= 0.3 is 0 Å². The highest BCUT2D eigenvalue weighted by molar-refractivity contribution is 5.57. The molecule has 1 aliphatic heterocycles. The van der Waals surface area contributed by atoms with Crippen molar-refractivity contribution in [2.24, 2.45) is 0 Å². The van der Waals surface area contributed by atoms with Crippen molar-refractivity contribution in [2.45, 2.75) is 56.7 Å². The summed E-state index contributed by atoms with van der Waals surface area (Å²) in [4.78, 5) is 10.8. The number of aliphatic hydroxyl groups is 4. The van der Waals surface area contributed by atoms with Gasteiger partial charge in [0, 0.05) is 25.3 Å². The predicted molar refractivity (Wildman–Crippen MR) is 116 cm³/mol. The lowest BCUT2D eigenvalue weighted by molar-refractivity contribution is -0.0894. The molecule has 0 unspecified atom stereocenters. The Morgan fingerprint density at radius 3 is 2.16 bits per heavy atom. The molecule has 8 heteroatoms. The summed E-state index contributed by atoms with van der Waals surface area (Å²) < 4.78 is 5.70. The standard InChI is InChI=1S/C23H33N3O5/c27-20-14-26(15-21(28)23(30)22(20)29)10-6-1-2-7-11-31-16-18-12-25-19(13-24-18)17-8-4-3-5-9-17/h3-5,8-9,12-13,20-23,27-30H,1-2,6-7,10-11,14-16H2/t20-,21-,22+,23+/m0/s1. The summed E-state index contributed by atoms with van der Waals surface area (Å²) in [7, 11) is 0. The molecule has 3 rings (SSSR count). The number of unbranched alkanes of at least 4 members (excludes halogenated alkanes) is 3. The van der Waals surface area contributed by atoms with E-state index in [1.54, 1.807) is 12.4 Å². The number of β-amino-alcohol motifs (C(OH)–C–C–N with tert-alkyl or cyclic N) is 2. The van der Waals surface area contributed by atoms with Crippen molar-refractivity contribution >= 4 is 0 Å². The molecule has 1 fully saturated rings. The fourth-order valence-electron chi connectivity index (χ4n) is 3.71. The molecule has 0 aliphatic carbocycles. The molecule has 0 amide bonds. The van der Waals surface area contributed by atoms with Crippen molar-refractivity contribution in [3.8, 4) is 11.3 Å². The van der Waals surface area contributed by atoms with Crippen LogP contribution >= 0.6 is 0 Å². The number of aliphatic hydroxyl groups excluding tert-OH is 4. The molecule has 170 valence electrons. The highest BCUT2D eigenvalue weighted by atomic mass is 16.5. The normalized spacial score (nSPS) is 24.8. The Labute approximate surface area is 183 Å². The minimum Gasteiger partial charge on any atom is -0.389 e. The maximum atomic E-state index is 9.89. The first-order chi connectivity index (χ1) is 15.0. The summed E-state index contributed by atoms with van der Waals surface area (Å²) in [5, 5.41) is 39.3. The van der Waals surface area contributed by atoms with Crippen LogP contribution in [0.2, 0.25) is 0 Å². The van der Waals surface area contributed by atoms with Gasteiger partial charge in [0.2, 0.25) is 0 Å². The van der Waals surface area contributed by atoms with Gasteiger partial charge in [-0.1, -0.05) is 43.2 Å². The van der Waals surface area contributed by atoms with Gasteiger partial charge in [-0.05, 0) is 19.4 Å². The van der Waals surface area contributed by atoms with Crippen molar-refractivity contribution in [3.63, 3.8) is 0 Å². The molecule has 8 nitrogen and oxygen atoms in total. The van der Waals surface area contributed by atoms with E-state index < -0.39 is 24.4 Å². The largest absolute Gasteiger partial charge is 0.389 e. The summed E-state index contributed by atoms with van der Waals surface area (Å²) in [5.41, 5.74) is 2.69. The number of hydrogen-bond donors (Lipinski definition) is 4. The highest BCUT2D eigenvalue weighted by Gasteiger charge is 2.35. The average Bonchev–Trinajstić information content (AvgIpc) is 2.88. The van der Waals surface area contributed by atoms with Crippen molar-refractivity contribution < 1.29 is 25.2 Å². The minimum absolute atomic E-state index is 0.252. The number of aromatic nitrogens is 2. The van der Waals surface area contributed by atoms with E-state index in [9.17, 15) is 20.4 Å². The SMILES string of the molecule is O[C@H]1[C@H](O)[C@@H](O)CN(CCCCCCOCc2cnc(-c3ccccc3)cn2)C[C@@H]1O. The quantitative estimate of drug-likeness (QED) is 0.411. The van der Waals surface area contributed by atoms with Gasteiger partial charge in [-0.2, -0.15) is 0 Å². The van der Waals surface area contributed by atoms with Crippen LogP contribution in [-0.4, -0.2) is 86.0 Å². The molecule has 2 aromatic rings. The molecule has 0 radical (unpaired) electrons. The number of nitrogens with zero attached hydrogens (tertiary/aromatic N) is 3. The summed E-state index contributed by atoms with van der Waals surface area (Å²) >= 11 is 0. The predicted octanol–water partition coefficient (Wildman–Crippen LogP) is 0.980. The van der Waals surface area contributed by atoms with Crippen LogP contribution in [-0.2, 0) is 11.3 Å². The third-order valence-corrected chi connectivity index (χ3v) is 5.57. The van der Waals surface area contributed by atoms with Crippen molar-refractivity contribution in [3.05, 3.63) is 48.4 Å². The average molecular weight is 432 g/mol. The summed E-state index contributed by atoms with van der Waals surface area (Å²) in [6, 6.07) is 9.93.